The number of likely N-dealkylation sites (tertiary alicyclic amines) is 1. The molecule has 1 aromatic rings. The van der Waals surface area contributed by atoms with Crippen molar-refractivity contribution in [1.29, 1.82) is 0 Å². The van der Waals surface area contributed by atoms with Crippen LogP contribution in [0.2, 0.25) is 0 Å². The minimum atomic E-state index is -0.459. The van der Waals surface area contributed by atoms with Gasteiger partial charge in [0, 0.05) is 18.3 Å². The Balaban J connectivity index is 1.70. The van der Waals surface area contributed by atoms with Gasteiger partial charge >= 0.3 is 0 Å². The lowest BCUT2D eigenvalue weighted by Crippen LogP contribution is -2.29. The normalized spacial score (nSPS) is 25.4. The molecule has 0 spiro atoms. The summed E-state index contributed by atoms with van der Waals surface area (Å²) in [4.78, 5) is 6.95. The van der Waals surface area contributed by atoms with E-state index in [9.17, 15) is 5.11 Å². The van der Waals surface area contributed by atoms with Gasteiger partial charge in [0.25, 0.3) is 0 Å². The molecule has 0 amide bonds. The molecule has 108 valence electrons. The van der Waals surface area contributed by atoms with Gasteiger partial charge in [-0.2, -0.15) is 0 Å². The second-order valence-electron chi connectivity index (χ2n) is 5.66. The number of aryl methyl sites for hydroxylation is 1. The van der Waals surface area contributed by atoms with Crippen LogP contribution in [0, 0.1) is 0 Å². The Morgan fingerprint density at radius 3 is 3.05 bits per heavy atom. The highest BCUT2D eigenvalue weighted by atomic mass is 35.5. The van der Waals surface area contributed by atoms with Gasteiger partial charge in [-0.05, 0) is 45.7 Å². The van der Waals surface area contributed by atoms with Crippen LogP contribution in [-0.2, 0) is 12.3 Å². The van der Waals surface area contributed by atoms with E-state index in [-0.39, 0.29) is 0 Å². The fraction of sp³-hybridized carbons (Fsp3) is 0.786. The molecule has 19 heavy (non-hydrogen) atoms. The molecule has 0 radical (unpaired) electrons. The predicted molar refractivity (Wildman–Crippen MR) is 80.9 cm³/mol. The van der Waals surface area contributed by atoms with Gasteiger partial charge in [0.15, 0.2) is 0 Å². The Labute approximate surface area is 124 Å². The van der Waals surface area contributed by atoms with E-state index >= 15 is 0 Å². The van der Waals surface area contributed by atoms with Crippen molar-refractivity contribution >= 4 is 22.9 Å². The first-order valence-electron chi connectivity index (χ1n) is 7.03. The Morgan fingerprint density at radius 2 is 2.32 bits per heavy atom. The number of nitrogens with zero attached hydrogens (tertiary/aromatic N) is 2. The third-order valence-corrected chi connectivity index (χ3v) is 4.99. The van der Waals surface area contributed by atoms with Crippen LogP contribution in [0.4, 0.5) is 0 Å². The number of aromatic nitrogens is 1. The highest BCUT2D eigenvalue weighted by Crippen LogP contribution is 2.21. The molecule has 1 saturated heterocycles. The minimum Gasteiger partial charge on any atom is -0.390 e. The van der Waals surface area contributed by atoms with Crippen molar-refractivity contribution in [2.24, 2.45) is 0 Å². The summed E-state index contributed by atoms with van der Waals surface area (Å²) in [5.74, 6) is 0.512. The molecule has 0 saturated carbocycles. The van der Waals surface area contributed by atoms with Crippen molar-refractivity contribution in [2.75, 3.05) is 19.6 Å². The number of thiazole rings is 1. The van der Waals surface area contributed by atoms with Crippen molar-refractivity contribution in [2.45, 2.75) is 50.5 Å². The first-order valence-corrected chi connectivity index (χ1v) is 8.44. The molecule has 2 heterocycles. The zero-order valence-electron chi connectivity index (χ0n) is 11.6. The van der Waals surface area contributed by atoms with Crippen LogP contribution in [0.5, 0.6) is 0 Å². The molecule has 0 bridgehead atoms. The molecule has 1 N–H and O–H groups in total. The van der Waals surface area contributed by atoms with Gasteiger partial charge < -0.3 is 10.0 Å². The molecular weight excluding hydrogens is 280 g/mol. The lowest BCUT2D eigenvalue weighted by atomic mass is 9.98. The van der Waals surface area contributed by atoms with Gasteiger partial charge in [-0.15, -0.1) is 22.9 Å². The Morgan fingerprint density at radius 1 is 1.47 bits per heavy atom. The minimum absolute atomic E-state index is 0.459. The van der Waals surface area contributed by atoms with Crippen LogP contribution < -0.4 is 0 Å². The summed E-state index contributed by atoms with van der Waals surface area (Å²) in [5.41, 5.74) is 0.534. The SMILES string of the molecule is CC1(O)CCCN(CCCc2nc(CCl)cs2)CC1. The largest absolute Gasteiger partial charge is 0.390 e. The molecule has 5 heteroatoms. The summed E-state index contributed by atoms with van der Waals surface area (Å²) in [6.45, 7) is 5.18. The molecular formula is C14H23ClN2OS. The number of rotatable bonds is 5. The highest BCUT2D eigenvalue weighted by molar-refractivity contribution is 7.09. The summed E-state index contributed by atoms with van der Waals surface area (Å²) in [6, 6.07) is 0. The molecule has 1 atom stereocenters. The van der Waals surface area contributed by atoms with E-state index in [4.69, 9.17) is 11.6 Å². The number of hydrogen-bond donors (Lipinski definition) is 1. The van der Waals surface area contributed by atoms with Crippen molar-refractivity contribution in [3.05, 3.63) is 16.1 Å². The Hall–Kier alpha value is -0.160. The third-order valence-electron chi connectivity index (χ3n) is 3.76. The fourth-order valence-corrected chi connectivity index (χ4v) is 3.59. The van der Waals surface area contributed by atoms with Gasteiger partial charge in [-0.25, -0.2) is 4.98 Å². The highest BCUT2D eigenvalue weighted by Gasteiger charge is 2.24. The van der Waals surface area contributed by atoms with E-state index in [1.165, 1.54) is 5.01 Å². The standard InChI is InChI=1S/C14H23ClN2OS/c1-14(18)5-3-8-17(9-6-14)7-2-4-13-16-12(10-15)11-19-13/h11,18H,2-10H2,1H3. The molecule has 2 rings (SSSR count). The fourth-order valence-electron chi connectivity index (χ4n) is 2.52. The molecule has 3 nitrogen and oxygen atoms in total. The predicted octanol–water partition coefficient (Wildman–Crippen LogP) is 3.05. The Kier molecular flexibility index (Phi) is 5.63. The van der Waals surface area contributed by atoms with Crippen LogP contribution in [0.25, 0.3) is 0 Å². The average molecular weight is 303 g/mol. The number of alkyl halides is 1. The second kappa shape index (κ2) is 7.02. The number of aliphatic hydroxyl groups is 1. The Bertz CT molecular complexity index is 395. The maximum absolute atomic E-state index is 10.1. The van der Waals surface area contributed by atoms with Crippen molar-refractivity contribution in [1.82, 2.24) is 9.88 Å². The third kappa shape index (κ3) is 5.03. The van der Waals surface area contributed by atoms with E-state index in [1.807, 2.05) is 12.3 Å². The van der Waals surface area contributed by atoms with Crippen molar-refractivity contribution in [3.63, 3.8) is 0 Å². The lowest BCUT2D eigenvalue weighted by Gasteiger charge is -2.22. The van der Waals surface area contributed by atoms with E-state index in [0.717, 1.165) is 57.4 Å². The van der Waals surface area contributed by atoms with Crippen LogP contribution in [-0.4, -0.2) is 40.2 Å². The van der Waals surface area contributed by atoms with E-state index in [1.54, 1.807) is 11.3 Å². The summed E-state index contributed by atoms with van der Waals surface area (Å²) in [7, 11) is 0. The number of hydrogen-bond acceptors (Lipinski definition) is 4. The second-order valence-corrected chi connectivity index (χ2v) is 6.87. The summed E-state index contributed by atoms with van der Waals surface area (Å²) in [5, 5.41) is 13.3. The maximum Gasteiger partial charge on any atom is 0.0929 e. The molecule has 0 aliphatic carbocycles. The zero-order chi connectivity index (χ0) is 13.7. The van der Waals surface area contributed by atoms with E-state index in [2.05, 4.69) is 9.88 Å². The van der Waals surface area contributed by atoms with Crippen molar-refractivity contribution in [3.8, 4) is 0 Å². The summed E-state index contributed by atoms with van der Waals surface area (Å²) < 4.78 is 0. The maximum atomic E-state index is 10.1. The molecule has 1 unspecified atom stereocenters. The molecule has 0 aromatic carbocycles. The quantitative estimate of drug-likeness (QED) is 0.849. The molecule has 1 fully saturated rings. The van der Waals surface area contributed by atoms with E-state index < -0.39 is 5.60 Å². The van der Waals surface area contributed by atoms with Crippen LogP contribution in [0.3, 0.4) is 0 Å². The van der Waals surface area contributed by atoms with Gasteiger partial charge in [0.05, 0.1) is 22.2 Å². The monoisotopic (exact) mass is 302 g/mol. The van der Waals surface area contributed by atoms with Crippen LogP contribution >= 0.6 is 22.9 Å². The van der Waals surface area contributed by atoms with Gasteiger partial charge in [-0.1, -0.05) is 0 Å². The van der Waals surface area contributed by atoms with Crippen molar-refractivity contribution < 1.29 is 5.11 Å². The van der Waals surface area contributed by atoms with E-state index in [0.29, 0.717) is 5.88 Å². The molecule has 1 aliphatic heterocycles. The first kappa shape index (κ1) is 15.2. The van der Waals surface area contributed by atoms with Gasteiger partial charge in [0.2, 0.25) is 0 Å². The summed E-state index contributed by atoms with van der Waals surface area (Å²) in [6.07, 6.45) is 5.09. The topological polar surface area (TPSA) is 36.4 Å². The number of halogens is 1. The zero-order valence-corrected chi connectivity index (χ0v) is 13.1. The molecule has 1 aromatic heterocycles. The molecule has 1 aliphatic rings. The average Bonchev–Trinajstić information content (AvgIpc) is 2.76. The van der Waals surface area contributed by atoms with Gasteiger partial charge in [0.1, 0.15) is 0 Å². The lowest BCUT2D eigenvalue weighted by molar-refractivity contribution is 0.0446. The van der Waals surface area contributed by atoms with Crippen LogP contribution in [0.1, 0.15) is 43.3 Å². The smallest absolute Gasteiger partial charge is 0.0929 e. The first-order chi connectivity index (χ1) is 9.09. The van der Waals surface area contributed by atoms with Crippen LogP contribution in [0.15, 0.2) is 5.38 Å². The van der Waals surface area contributed by atoms with Gasteiger partial charge in [-0.3, -0.25) is 0 Å². The summed E-state index contributed by atoms with van der Waals surface area (Å²) >= 11 is 7.46.